The highest BCUT2D eigenvalue weighted by molar-refractivity contribution is 5.79. The summed E-state index contributed by atoms with van der Waals surface area (Å²) in [5.74, 6) is -0.0411. The van der Waals surface area contributed by atoms with Crippen LogP contribution in [0.1, 0.15) is 17.5 Å². The highest BCUT2D eigenvalue weighted by atomic mass is 19.4. The molecule has 0 N–H and O–H groups in total. The summed E-state index contributed by atoms with van der Waals surface area (Å²) in [4.78, 5) is 13.9. The molecule has 0 saturated carbocycles. The lowest BCUT2D eigenvalue weighted by Crippen LogP contribution is -2.42. The van der Waals surface area contributed by atoms with Gasteiger partial charge in [-0.2, -0.15) is 13.2 Å². The van der Waals surface area contributed by atoms with Crippen LogP contribution in [0.3, 0.4) is 0 Å². The van der Waals surface area contributed by atoms with E-state index in [-0.39, 0.29) is 24.5 Å². The third-order valence-electron chi connectivity index (χ3n) is 3.86. The van der Waals surface area contributed by atoms with Crippen LogP contribution < -0.4 is 0 Å². The molecular weight excluding hydrogens is 271 g/mol. The molecule has 0 aliphatic carbocycles. The number of ether oxygens (including phenoxy) is 1. The number of morpholine rings is 1. The summed E-state index contributed by atoms with van der Waals surface area (Å²) in [6, 6.07) is 4.91. The molecule has 2 fully saturated rings. The second-order valence-corrected chi connectivity index (χ2v) is 5.26. The van der Waals surface area contributed by atoms with Gasteiger partial charge in [0, 0.05) is 6.54 Å². The Morgan fingerprint density at radius 3 is 2.50 bits per heavy atom. The molecule has 2 bridgehead atoms. The van der Waals surface area contributed by atoms with Gasteiger partial charge < -0.3 is 9.64 Å². The topological polar surface area (TPSA) is 29.5 Å². The minimum atomic E-state index is -4.34. The molecule has 6 heteroatoms. The Balaban J connectivity index is 1.64. The van der Waals surface area contributed by atoms with Crippen molar-refractivity contribution < 1.29 is 22.7 Å². The van der Waals surface area contributed by atoms with Gasteiger partial charge in [-0.05, 0) is 24.1 Å². The van der Waals surface area contributed by atoms with Crippen molar-refractivity contribution in [2.24, 2.45) is 0 Å². The Morgan fingerprint density at radius 2 is 2.00 bits per heavy atom. The smallest absolute Gasteiger partial charge is 0.374 e. The van der Waals surface area contributed by atoms with Gasteiger partial charge in [0.2, 0.25) is 5.91 Å². The summed E-state index contributed by atoms with van der Waals surface area (Å²) in [5, 5.41) is 0. The van der Waals surface area contributed by atoms with Gasteiger partial charge in [0.05, 0.1) is 30.7 Å². The highest BCUT2D eigenvalue weighted by Gasteiger charge is 2.41. The fraction of sp³-hybridized carbons (Fsp3) is 0.500. The van der Waals surface area contributed by atoms with Crippen molar-refractivity contribution in [3.8, 4) is 0 Å². The number of hydrogen-bond acceptors (Lipinski definition) is 2. The number of carbonyl (C=O) groups is 1. The zero-order valence-electron chi connectivity index (χ0n) is 10.7. The Hall–Kier alpha value is -1.56. The molecule has 2 atom stereocenters. The number of alkyl halides is 3. The fourth-order valence-electron chi connectivity index (χ4n) is 2.79. The molecule has 1 aromatic carbocycles. The lowest BCUT2D eigenvalue weighted by atomic mass is 10.1. The van der Waals surface area contributed by atoms with Crippen molar-refractivity contribution >= 4 is 5.91 Å². The van der Waals surface area contributed by atoms with Crippen molar-refractivity contribution in [1.82, 2.24) is 4.90 Å². The number of benzene rings is 1. The maximum Gasteiger partial charge on any atom is 0.416 e. The van der Waals surface area contributed by atoms with Crippen LogP contribution >= 0.6 is 0 Å². The van der Waals surface area contributed by atoms with Gasteiger partial charge in [0.1, 0.15) is 0 Å². The van der Waals surface area contributed by atoms with Crippen LogP contribution in [0.5, 0.6) is 0 Å². The first-order valence-electron chi connectivity index (χ1n) is 6.50. The molecule has 2 aliphatic rings. The average Bonchev–Trinajstić information content (AvgIpc) is 3.00. The summed E-state index contributed by atoms with van der Waals surface area (Å²) in [6.45, 7) is 1.17. The van der Waals surface area contributed by atoms with Crippen LogP contribution in [0, 0.1) is 0 Å². The molecule has 1 aromatic rings. The second-order valence-electron chi connectivity index (χ2n) is 5.26. The first-order valence-corrected chi connectivity index (χ1v) is 6.50. The van der Waals surface area contributed by atoms with Crippen LogP contribution in [-0.2, 0) is 22.1 Å². The zero-order chi connectivity index (χ0) is 14.3. The van der Waals surface area contributed by atoms with E-state index in [0.717, 1.165) is 18.6 Å². The summed E-state index contributed by atoms with van der Waals surface area (Å²) >= 11 is 0. The van der Waals surface area contributed by atoms with Gasteiger partial charge in [0.15, 0.2) is 0 Å². The molecule has 0 spiro atoms. The number of carbonyl (C=O) groups excluding carboxylic acids is 1. The van der Waals surface area contributed by atoms with E-state index in [0.29, 0.717) is 18.7 Å². The highest BCUT2D eigenvalue weighted by Crippen LogP contribution is 2.30. The summed E-state index contributed by atoms with van der Waals surface area (Å²) in [5.41, 5.74) is -0.0889. The summed E-state index contributed by atoms with van der Waals surface area (Å²) < 4.78 is 42.7. The Morgan fingerprint density at radius 1 is 1.30 bits per heavy atom. The maximum absolute atomic E-state index is 12.4. The zero-order valence-corrected chi connectivity index (χ0v) is 10.7. The standard InChI is InChI=1S/C14H14F3NO2/c15-14(16,17)10-3-1-9(2-4-10)5-13(19)18-7-12-6-11(18)8-20-12/h1-4,11-12H,5-8H2/t11-,12+/m0/s1. The number of amides is 1. The third-order valence-corrected chi connectivity index (χ3v) is 3.86. The monoisotopic (exact) mass is 285 g/mol. The first-order chi connectivity index (χ1) is 9.43. The molecular formula is C14H14F3NO2. The number of halogens is 3. The largest absolute Gasteiger partial charge is 0.416 e. The van der Waals surface area contributed by atoms with E-state index >= 15 is 0 Å². The molecule has 2 heterocycles. The SMILES string of the molecule is O=C(Cc1ccc(C(F)(F)F)cc1)N1C[C@H]2C[C@H]1CO2. The van der Waals surface area contributed by atoms with Gasteiger partial charge in [-0.25, -0.2) is 0 Å². The van der Waals surface area contributed by atoms with E-state index in [1.807, 2.05) is 0 Å². The Kier molecular flexibility index (Phi) is 3.20. The van der Waals surface area contributed by atoms with E-state index < -0.39 is 11.7 Å². The summed E-state index contributed by atoms with van der Waals surface area (Å²) in [6.07, 6.45) is -3.19. The molecule has 1 amide bonds. The molecule has 3 rings (SSSR count). The lowest BCUT2D eigenvalue weighted by Gasteiger charge is -2.27. The Labute approximate surface area is 114 Å². The molecule has 3 nitrogen and oxygen atoms in total. The molecule has 108 valence electrons. The number of fused-ring (bicyclic) bond motifs is 2. The van der Waals surface area contributed by atoms with Gasteiger partial charge in [0.25, 0.3) is 0 Å². The quantitative estimate of drug-likeness (QED) is 0.834. The number of hydrogen-bond donors (Lipinski definition) is 0. The third kappa shape index (κ3) is 2.52. The first kappa shape index (κ1) is 13.4. The van der Waals surface area contributed by atoms with Gasteiger partial charge >= 0.3 is 6.18 Å². The van der Waals surface area contributed by atoms with Crippen LogP contribution in [0.4, 0.5) is 13.2 Å². The van der Waals surface area contributed by atoms with Crippen LogP contribution in [0.15, 0.2) is 24.3 Å². The van der Waals surface area contributed by atoms with Crippen molar-refractivity contribution in [3.63, 3.8) is 0 Å². The molecule has 20 heavy (non-hydrogen) atoms. The van der Waals surface area contributed by atoms with Crippen molar-refractivity contribution in [3.05, 3.63) is 35.4 Å². The maximum atomic E-state index is 12.4. The van der Waals surface area contributed by atoms with E-state index in [9.17, 15) is 18.0 Å². The number of likely N-dealkylation sites (tertiary alicyclic amines) is 1. The lowest BCUT2D eigenvalue weighted by molar-refractivity contribution is -0.137. The normalized spacial score (nSPS) is 25.2. The fourth-order valence-corrected chi connectivity index (χ4v) is 2.79. The van der Waals surface area contributed by atoms with Gasteiger partial charge in [-0.3, -0.25) is 4.79 Å². The molecule has 0 unspecified atom stereocenters. The van der Waals surface area contributed by atoms with Crippen LogP contribution in [-0.4, -0.2) is 36.1 Å². The van der Waals surface area contributed by atoms with Gasteiger partial charge in [-0.1, -0.05) is 12.1 Å². The average molecular weight is 285 g/mol. The molecule has 2 aliphatic heterocycles. The van der Waals surface area contributed by atoms with Crippen LogP contribution in [0.2, 0.25) is 0 Å². The van der Waals surface area contributed by atoms with E-state index in [1.165, 1.54) is 12.1 Å². The number of rotatable bonds is 2. The van der Waals surface area contributed by atoms with E-state index in [2.05, 4.69) is 0 Å². The predicted octanol–water partition coefficient (Wildman–Crippen LogP) is 2.25. The van der Waals surface area contributed by atoms with Crippen LogP contribution in [0.25, 0.3) is 0 Å². The summed E-state index contributed by atoms with van der Waals surface area (Å²) in [7, 11) is 0. The minimum absolute atomic E-state index is 0.0411. The minimum Gasteiger partial charge on any atom is -0.374 e. The van der Waals surface area contributed by atoms with E-state index in [4.69, 9.17) is 4.74 Å². The number of nitrogens with zero attached hydrogens (tertiary/aromatic N) is 1. The van der Waals surface area contributed by atoms with Crippen molar-refractivity contribution in [2.75, 3.05) is 13.2 Å². The van der Waals surface area contributed by atoms with Gasteiger partial charge in [-0.15, -0.1) is 0 Å². The Bertz CT molecular complexity index is 512. The van der Waals surface area contributed by atoms with E-state index in [1.54, 1.807) is 4.90 Å². The predicted molar refractivity (Wildman–Crippen MR) is 65.0 cm³/mol. The van der Waals surface area contributed by atoms with Crippen molar-refractivity contribution in [2.45, 2.75) is 31.2 Å². The van der Waals surface area contributed by atoms with Crippen molar-refractivity contribution in [1.29, 1.82) is 0 Å². The molecule has 0 radical (unpaired) electrons. The molecule has 0 aromatic heterocycles. The molecule has 2 saturated heterocycles. The second kappa shape index (κ2) is 4.77.